The van der Waals surface area contributed by atoms with Gasteiger partial charge in [-0.2, -0.15) is 10.5 Å². The number of anilines is 3. The molecule has 2 rings (SSSR count). The van der Waals surface area contributed by atoms with Crippen LogP contribution < -0.4 is 17.2 Å². The normalized spacial score (nSPS) is 10.2. The topological polar surface area (TPSA) is 126 Å². The third-order valence-electron chi connectivity index (χ3n) is 4.27. The molecule has 0 aliphatic carbocycles. The molecule has 0 amide bonds. The van der Waals surface area contributed by atoms with Gasteiger partial charge in [-0.25, -0.2) is 0 Å². The van der Waals surface area contributed by atoms with E-state index in [1.807, 2.05) is 18.2 Å². The Bertz CT molecular complexity index is 827. The Morgan fingerprint density at radius 2 is 1.48 bits per heavy atom. The van der Waals surface area contributed by atoms with Crippen LogP contribution >= 0.6 is 0 Å². The lowest BCUT2D eigenvalue weighted by Gasteiger charge is -2.17. The minimum Gasteiger partial charge on any atom is -0.399 e. The lowest BCUT2D eigenvalue weighted by molar-refractivity contribution is 0.806. The van der Waals surface area contributed by atoms with Crippen molar-refractivity contribution in [1.82, 2.24) is 0 Å². The molecule has 0 spiro atoms. The van der Waals surface area contributed by atoms with E-state index in [1.54, 1.807) is 12.1 Å². The van der Waals surface area contributed by atoms with E-state index >= 15 is 0 Å². The molecule has 0 aliphatic heterocycles. The summed E-state index contributed by atoms with van der Waals surface area (Å²) < 4.78 is 0. The van der Waals surface area contributed by atoms with E-state index in [4.69, 9.17) is 27.7 Å². The molecule has 0 fully saturated rings. The summed E-state index contributed by atoms with van der Waals surface area (Å²) in [6, 6.07) is 13.7. The summed E-state index contributed by atoms with van der Waals surface area (Å²) in [4.78, 5) is 0. The van der Waals surface area contributed by atoms with Gasteiger partial charge in [0.15, 0.2) is 0 Å². The van der Waals surface area contributed by atoms with Crippen LogP contribution in [0.1, 0.15) is 36.8 Å². The second-order valence-corrected chi connectivity index (χ2v) is 6.03. The molecule has 0 aliphatic rings. The molecule has 0 saturated heterocycles. The molecule has 5 heteroatoms. The highest BCUT2D eigenvalue weighted by Gasteiger charge is 2.14. The first-order valence-electron chi connectivity index (χ1n) is 8.38. The van der Waals surface area contributed by atoms with E-state index in [0.29, 0.717) is 29.9 Å². The molecule has 6 N–H and O–H groups in total. The first kappa shape index (κ1) is 18.2. The van der Waals surface area contributed by atoms with E-state index in [9.17, 15) is 0 Å². The van der Waals surface area contributed by atoms with Gasteiger partial charge in [0.2, 0.25) is 0 Å². The fraction of sp³-hybridized carbons (Fsp3) is 0.300. The van der Waals surface area contributed by atoms with E-state index in [1.165, 1.54) is 0 Å². The number of aryl methyl sites for hydroxylation is 1. The summed E-state index contributed by atoms with van der Waals surface area (Å²) in [6.07, 6.45) is 4.08. The van der Waals surface area contributed by atoms with Crippen molar-refractivity contribution in [2.75, 3.05) is 17.2 Å². The number of nitriles is 2. The van der Waals surface area contributed by atoms with Gasteiger partial charge in [-0.15, -0.1) is 0 Å². The Hall–Kier alpha value is -3.18. The van der Waals surface area contributed by atoms with Gasteiger partial charge in [0, 0.05) is 41.0 Å². The van der Waals surface area contributed by atoms with Crippen LogP contribution in [0.3, 0.4) is 0 Å². The van der Waals surface area contributed by atoms with Crippen LogP contribution in [0.25, 0.3) is 11.1 Å². The van der Waals surface area contributed by atoms with E-state index in [2.05, 4.69) is 12.1 Å². The van der Waals surface area contributed by atoms with Gasteiger partial charge in [0.05, 0.1) is 12.1 Å². The monoisotopic (exact) mass is 333 g/mol. The maximum atomic E-state index is 8.81. The zero-order chi connectivity index (χ0) is 18.2. The highest BCUT2D eigenvalue weighted by molar-refractivity contribution is 5.87. The van der Waals surface area contributed by atoms with Gasteiger partial charge < -0.3 is 17.2 Å². The van der Waals surface area contributed by atoms with Crippen molar-refractivity contribution in [2.45, 2.75) is 38.5 Å². The summed E-state index contributed by atoms with van der Waals surface area (Å²) in [5, 5.41) is 17.6. The van der Waals surface area contributed by atoms with Crippen molar-refractivity contribution < 1.29 is 0 Å². The van der Waals surface area contributed by atoms with Crippen molar-refractivity contribution in [2.24, 2.45) is 0 Å². The van der Waals surface area contributed by atoms with Crippen molar-refractivity contribution in [3.63, 3.8) is 0 Å². The number of rotatable bonds is 7. The van der Waals surface area contributed by atoms with Crippen LogP contribution in [-0.4, -0.2) is 0 Å². The van der Waals surface area contributed by atoms with Gasteiger partial charge in [0.1, 0.15) is 0 Å². The average molecular weight is 333 g/mol. The van der Waals surface area contributed by atoms with E-state index < -0.39 is 0 Å². The summed E-state index contributed by atoms with van der Waals surface area (Å²) in [5.74, 6) is 0. The Morgan fingerprint density at radius 3 is 2.16 bits per heavy atom. The summed E-state index contributed by atoms with van der Waals surface area (Å²) in [6.45, 7) is 0. The smallest absolute Gasteiger partial charge is 0.0621 e. The largest absolute Gasteiger partial charge is 0.399 e. The second kappa shape index (κ2) is 8.61. The van der Waals surface area contributed by atoms with Crippen LogP contribution in [0, 0.1) is 22.7 Å². The molecule has 0 atom stereocenters. The number of hydrogen-bond acceptors (Lipinski definition) is 5. The number of nitrogens with zero attached hydrogens (tertiary/aromatic N) is 2. The minimum atomic E-state index is 0.488. The minimum absolute atomic E-state index is 0.488. The molecule has 0 saturated carbocycles. The average Bonchev–Trinajstić information content (AvgIpc) is 2.60. The second-order valence-electron chi connectivity index (χ2n) is 6.03. The van der Waals surface area contributed by atoms with Crippen molar-refractivity contribution >= 4 is 17.1 Å². The molecular weight excluding hydrogens is 310 g/mol. The molecule has 5 nitrogen and oxygen atoms in total. The molecule has 0 bridgehead atoms. The predicted molar refractivity (Wildman–Crippen MR) is 102 cm³/mol. The Kier molecular flexibility index (Phi) is 6.26. The molecule has 25 heavy (non-hydrogen) atoms. The standard InChI is InChI=1S/C20H23N5/c21-11-3-1-5-14-7-9-17(18-13-15(23)8-10-19(18)24)20(25)16(14)6-2-4-12-22/h7-10,13H,1-6,23-25H2. The fourth-order valence-electron chi connectivity index (χ4n) is 2.98. The lowest BCUT2D eigenvalue weighted by atomic mass is 9.90. The van der Waals surface area contributed by atoms with Crippen molar-refractivity contribution in [3.05, 3.63) is 41.5 Å². The molecule has 2 aromatic carbocycles. The van der Waals surface area contributed by atoms with Crippen LogP contribution in [-0.2, 0) is 12.8 Å². The van der Waals surface area contributed by atoms with Crippen LogP contribution in [0.2, 0.25) is 0 Å². The van der Waals surface area contributed by atoms with Gasteiger partial charge >= 0.3 is 0 Å². The Balaban J connectivity index is 2.45. The van der Waals surface area contributed by atoms with Crippen LogP contribution in [0.15, 0.2) is 30.3 Å². The predicted octanol–water partition coefficient (Wildman–Crippen LogP) is 3.79. The SMILES string of the molecule is N#CCCCc1ccc(-c2cc(N)ccc2N)c(N)c1CCCC#N. The highest BCUT2D eigenvalue weighted by atomic mass is 14.6. The Morgan fingerprint density at radius 1 is 0.800 bits per heavy atom. The molecular formula is C20H23N5. The first-order valence-corrected chi connectivity index (χ1v) is 8.38. The number of nitrogen functional groups attached to an aromatic ring is 3. The zero-order valence-electron chi connectivity index (χ0n) is 14.3. The van der Waals surface area contributed by atoms with Crippen molar-refractivity contribution in [1.29, 1.82) is 10.5 Å². The van der Waals surface area contributed by atoms with Crippen LogP contribution in [0.4, 0.5) is 17.1 Å². The van der Waals surface area contributed by atoms with Gasteiger partial charge in [0.25, 0.3) is 0 Å². The Labute approximate surface area is 148 Å². The van der Waals surface area contributed by atoms with Gasteiger partial charge in [-0.1, -0.05) is 12.1 Å². The molecule has 0 aromatic heterocycles. The number of nitrogens with two attached hydrogens (primary N) is 3. The van der Waals surface area contributed by atoms with E-state index in [-0.39, 0.29) is 0 Å². The zero-order valence-corrected chi connectivity index (χ0v) is 14.3. The lowest BCUT2D eigenvalue weighted by Crippen LogP contribution is -2.04. The molecule has 128 valence electrons. The van der Waals surface area contributed by atoms with Gasteiger partial charge in [-0.05, 0) is 55.0 Å². The quantitative estimate of drug-likeness (QED) is 0.525. The summed E-state index contributed by atoms with van der Waals surface area (Å²) in [5.41, 5.74) is 24.3. The number of benzene rings is 2. The molecule has 0 unspecified atom stereocenters. The third-order valence-corrected chi connectivity index (χ3v) is 4.27. The maximum absolute atomic E-state index is 8.81. The molecule has 2 aromatic rings. The van der Waals surface area contributed by atoms with Crippen molar-refractivity contribution in [3.8, 4) is 23.3 Å². The van der Waals surface area contributed by atoms with Crippen LogP contribution in [0.5, 0.6) is 0 Å². The number of unbranched alkanes of at least 4 members (excludes halogenated alkanes) is 2. The fourth-order valence-corrected chi connectivity index (χ4v) is 2.98. The highest BCUT2D eigenvalue weighted by Crippen LogP contribution is 2.36. The number of hydrogen-bond donors (Lipinski definition) is 3. The summed E-state index contributed by atoms with van der Waals surface area (Å²) >= 11 is 0. The van der Waals surface area contributed by atoms with Gasteiger partial charge in [-0.3, -0.25) is 0 Å². The molecule has 0 heterocycles. The third kappa shape index (κ3) is 4.43. The maximum Gasteiger partial charge on any atom is 0.0621 e. The van der Waals surface area contributed by atoms with E-state index in [0.717, 1.165) is 47.9 Å². The first-order chi connectivity index (χ1) is 12.1. The molecule has 0 radical (unpaired) electrons. The summed E-state index contributed by atoms with van der Waals surface area (Å²) in [7, 11) is 0.